The van der Waals surface area contributed by atoms with E-state index in [1.54, 1.807) is 6.92 Å². The van der Waals surface area contributed by atoms with Gasteiger partial charge in [-0.3, -0.25) is 19.8 Å². The highest BCUT2D eigenvalue weighted by Crippen LogP contribution is 2.23. The second-order valence-electron chi connectivity index (χ2n) is 5.47. The zero-order valence-corrected chi connectivity index (χ0v) is 14.2. The van der Waals surface area contributed by atoms with Gasteiger partial charge in [-0.05, 0) is 19.5 Å². The van der Waals surface area contributed by atoms with E-state index >= 15 is 0 Å². The maximum absolute atomic E-state index is 11.4. The number of nitrogens with two attached hydrogens (primary N) is 1. The lowest BCUT2D eigenvalue weighted by Gasteiger charge is -2.27. The maximum atomic E-state index is 11.4. The Bertz CT molecular complexity index is 702. The van der Waals surface area contributed by atoms with Crippen molar-refractivity contribution in [1.82, 2.24) is 4.90 Å². The Morgan fingerprint density at radius 3 is 2.48 bits per heavy atom. The van der Waals surface area contributed by atoms with Gasteiger partial charge >= 0.3 is 0 Å². The molecule has 1 amide bonds. The van der Waals surface area contributed by atoms with E-state index in [1.807, 2.05) is 11.8 Å². The second-order valence-corrected chi connectivity index (χ2v) is 7.65. The summed E-state index contributed by atoms with van der Waals surface area (Å²) in [6, 6.07) is 3.77. The summed E-state index contributed by atoms with van der Waals surface area (Å²) in [5.41, 5.74) is 5.40. The van der Waals surface area contributed by atoms with Crippen LogP contribution in [0.5, 0.6) is 0 Å². The molecule has 23 heavy (non-hydrogen) atoms. The third-order valence-electron chi connectivity index (χ3n) is 3.51. The lowest BCUT2D eigenvalue weighted by molar-refractivity contribution is -0.385. The van der Waals surface area contributed by atoms with Gasteiger partial charge < -0.3 is 5.73 Å². The Hall–Kier alpha value is -2.00. The van der Waals surface area contributed by atoms with E-state index in [1.165, 1.54) is 12.1 Å². The summed E-state index contributed by atoms with van der Waals surface area (Å²) >= 11 is 0. The number of hydrogen-bond donors (Lipinski definition) is 1. The van der Waals surface area contributed by atoms with Crippen LogP contribution in [0.3, 0.4) is 0 Å². The van der Waals surface area contributed by atoms with Gasteiger partial charge in [-0.2, -0.15) is 0 Å². The molecule has 0 heterocycles. The van der Waals surface area contributed by atoms with Crippen molar-refractivity contribution in [1.29, 1.82) is 0 Å². The summed E-state index contributed by atoms with van der Waals surface area (Å²) < 4.78 is 22.8. The van der Waals surface area contributed by atoms with Crippen LogP contribution in [-0.4, -0.2) is 48.7 Å². The van der Waals surface area contributed by atoms with Crippen LogP contribution in [0.25, 0.3) is 0 Å². The summed E-state index contributed by atoms with van der Waals surface area (Å²) in [4.78, 5) is 23.6. The van der Waals surface area contributed by atoms with Crippen molar-refractivity contribution in [2.45, 2.75) is 26.4 Å². The Morgan fingerprint density at radius 2 is 2.04 bits per heavy atom. The van der Waals surface area contributed by atoms with Crippen molar-refractivity contribution in [2.24, 2.45) is 5.73 Å². The molecular weight excluding hydrogens is 322 g/mol. The molecule has 1 aromatic carbocycles. The fourth-order valence-corrected chi connectivity index (χ4v) is 3.45. The number of benzene rings is 1. The number of hydrogen-bond acceptors (Lipinski definition) is 6. The molecule has 128 valence electrons. The Morgan fingerprint density at radius 1 is 1.43 bits per heavy atom. The zero-order chi connectivity index (χ0) is 17.8. The van der Waals surface area contributed by atoms with Gasteiger partial charge in [0.05, 0.1) is 10.7 Å². The molecule has 0 aliphatic heterocycles. The van der Waals surface area contributed by atoms with E-state index in [4.69, 9.17) is 5.73 Å². The normalized spacial score (nSPS) is 13.0. The highest BCUT2D eigenvalue weighted by atomic mass is 32.2. The molecule has 1 aromatic rings. The van der Waals surface area contributed by atoms with E-state index in [0.29, 0.717) is 12.1 Å². The highest BCUT2D eigenvalue weighted by Gasteiger charge is 2.22. The van der Waals surface area contributed by atoms with Gasteiger partial charge in [0.2, 0.25) is 5.91 Å². The molecule has 0 aliphatic rings. The topological polar surface area (TPSA) is 124 Å². The average Bonchev–Trinajstić information content (AvgIpc) is 2.42. The van der Waals surface area contributed by atoms with E-state index in [9.17, 15) is 23.3 Å². The summed E-state index contributed by atoms with van der Waals surface area (Å²) in [6.45, 7) is 4.35. The molecule has 1 atom stereocenters. The largest absolute Gasteiger partial charge is 0.366 e. The van der Waals surface area contributed by atoms with Gasteiger partial charge in [-0.1, -0.05) is 13.0 Å². The second kappa shape index (κ2) is 7.51. The Labute approximate surface area is 135 Å². The van der Waals surface area contributed by atoms with Gasteiger partial charge in [-0.15, -0.1) is 0 Å². The molecule has 8 nitrogen and oxygen atoms in total. The molecule has 0 radical (unpaired) electrons. The predicted molar refractivity (Wildman–Crippen MR) is 86.9 cm³/mol. The van der Waals surface area contributed by atoms with E-state index in [-0.39, 0.29) is 29.6 Å². The highest BCUT2D eigenvalue weighted by molar-refractivity contribution is 7.90. The van der Waals surface area contributed by atoms with E-state index in [2.05, 4.69) is 0 Å². The van der Waals surface area contributed by atoms with Crippen LogP contribution in [0.2, 0.25) is 0 Å². The quantitative estimate of drug-likeness (QED) is 0.553. The molecule has 0 spiro atoms. The summed E-state index contributed by atoms with van der Waals surface area (Å²) in [6.07, 6.45) is 1.15. The van der Waals surface area contributed by atoms with Crippen molar-refractivity contribution in [2.75, 3.05) is 18.6 Å². The SMILES string of the molecule is CCN(Cc1ccc(C(N)=O)cc1[N+](=O)[O-])C(C)CS(C)(=O)=O. The number of nitrogens with zero attached hydrogens (tertiary/aromatic N) is 2. The first-order chi connectivity index (χ1) is 10.5. The van der Waals surface area contributed by atoms with Gasteiger partial charge in [0, 0.05) is 36.0 Å². The van der Waals surface area contributed by atoms with Crippen LogP contribution in [-0.2, 0) is 16.4 Å². The van der Waals surface area contributed by atoms with Crippen molar-refractivity contribution >= 4 is 21.4 Å². The fourth-order valence-electron chi connectivity index (χ4n) is 2.36. The van der Waals surface area contributed by atoms with Crippen LogP contribution in [0.4, 0.5) is 5.69 Å². The number of carbonyl (C=O) groups excluding carboxylic acids is 1. The number of carbonyl (C=O) groups is 1. The molecule has 0 aliphatic carbocycles. The number of sulfone groups is 1. The Kier molecular flexibility index (Phi) is 6.22. The van der Waals surface area contributed by atoms with Gasteiger partial charge in [0.25, 0.3) is 5.69 Å². The zero-order valence-electron chi connectivity index (χ0n) is 13.4. The van der Waals surface area contributed by atoms with E-state index < -0.39 is 20.7 Å². The van der Waals surface area contributed by atoms with Crippen molar-refractivity contribution < 1.29 is 18.1 Å². The molecule has 0 saturated heterocycles. The van der Waals surface area contributed by atoms with Crippen molar-refractivity contribution in [3.05, 3.63) is 39.4 Å². The maximum Gasteiger partial charge on any atom is 0.274 e. The number of nitro benzene ring substituents is 1. The standard InChI is InChI=1S/C14H21N3O5S/c1-4-16(10(2)9-23(3,21)22)8-12-6-5-11(14(15)18)7-13(12)17(19)20/h5-7,10H,4,8-9H2,1-3H3,(H2,15,18). The molecule has 9 heteroatoms. The van der Waals surface area contributed by atoms with E-state index in [0.717, 1.165) is 12.3 Å². The molecule has 0 bridgehead atoms. The number of primary amides is 1. The monoisotopic (exact) mass is 343 g/mol. The first-order valence-corrected chi connectivity index (χ1v) is 9.10. The van der Waals surface area contributed by atoms with Crippen LogP contribution >= 0.6 is 0 Å². The first-order valence-electron chi connectivity index (χ1n) is 7.04. The molecule has 1 rings (SSSR count). The smallest absolute Gasteiger partial charge is 0.274 e. The lowest BCUT2D eigenvalue weighted by Crippen LogP contribution is -2.37. The summed E-state index contributed by atoms with van der Waals surface area (Å²) in [5, 5.41) is 11.2. The summed E-state index contributed by atoms with van der Waals surface area (Å²) in [7, 11) is -3.15. The lowest BCUT2D eigenvalue weighted by atomic mass is 10.1. The van der Waals surface area contributed by atoms with Gasteiger partial charge in [-0.25, -0.2) is 8.42 Å². The molecule has 2 N–H and O–H groups in total. The van der Waals surface area contributed by atoms with Gasteiger partial charge in [0.15, 0.2) is 0 Å². The first kappa shape index (κ1) is 19.0. The van der Waals surface area contributed by atoms with Crippen LogP contribution < -0.4 is 5.73 Å². The minimum atomic E-state index is -3.15. The van der Waals surface area contributed by atoms with Crippen molar-refractivity contribution in [3.63, 3.8) is 0 Å². The van der Waals surface area contributed by atoms with Crippen LogP contribution in [0, 0.1) is 10.1 Å². The Balaban J connectivity index is 3.10. The fraction of sp³-hybridized carbons (Fsp3) is 0.500. The third kappa shape index (κ3) is 5.61. The minimum Gasteiger partial charge on any atom is -0.366 e. The number of nitro groups is 1. The number of rotatable bonds is 8. The molecule has 0 saturated carbocycles. The van der Waals surface area contributed by atoms with Crippen LogP contribution in [0.15, 0.2) is 18.2 Å². The van der Waals surface area contributed by atoms with Gasteiger partial charge in [0.1, 0.15) is 9.84 Å². The predicted octanol–water partition coefficient (Wildman–Crippen LogP) is 0.949. The molecular formula is C14H21N3O5S. The number of amides is 1. The van der Waals surface area contributed by atoms with Crippen molar-refractivity contribution in [3.8, 4) is 0 Å². The molecule has 1 unspecified atom stereocenters. The average molecular weight is 343 g/mol. The third-order valence-corrected chi connectivity index (χ3v) is 4.60. The van der Waals surface area contributed by atoms with Crippen LogP contribution in [0.1, 0.15) is 29.8 Å². The minimum absolute atomic E-state index is 0.0337. The molecule has 0 fully saturated rings. The molecule has 0 aromatic heterocycles. The summed E-state index contributed by atoms with van der Waals surface area (Å²) in [5.74, 6) is -0.772.